The standard InChI is InChI=1S/C20H15I2NO5S/c1-27-17(24)10-23-19(25)16(29-20(23)26)9-13-7-14(21)18(15(22)8-13)28-11-12-5-3-2-4-6-12/h2-9H,10-11H2,1H3/b16-9-. The maximum atomic E-state index is 12.4. The van der Waals surface area contributed by atoms with Crippen LogP contribution in [0.3, 0.4) is 0 Å². The van der Waals surface area contributed by atoms with Crippen LogP contribution < -0.4 is 4.74 Å². The first kappa shape index (κ1) is 22.1. The van der Waals surface area contributed by atoms with Gasteiger partial charge in [-0.3, -0.25) is 19.3 Å². The highest BCUT2D eigenvalue weighted by atomic mass is 127. The lowest BCUT2D eigenvalue weighted by molar-refractivity contribution is -0.143. The topological polar surface area (TPSA) is 72.9 Å². The number of amides is 2. The van der Waals surface area contributed by atoms with Gasteiger partial charge in [0.1, 0.15) is 18.9 Å². The van der Waals surface area contributed by atoms with Crippen LogP contribution in [-0.4, -0.2) is 35.7 Å². The Kier molecular flexibility index (Phi) is 7.57. The van der Waals surface area contributed by atoms with Crippen LogP contribution in [0.5, 0.6) is 5.75 Å². The molecule has 1 heterocycles. The zero-order valence-electron chi connectivity index (χ0n) is 15.2. The quantitative estimate of drug-likeness (QED) is 0.261. The lowest BCUT2D eigenvalue weighted by Crippen LogP contribution is -2.34. The van der Waals surface area contributed by atoms with Crippen LogP contribution in [0.1, 0.15) is 11.1 Å². The van der Waals surface area contributed by atoms with E-state index in [-0.39, 0.29) is 11.4 Å². The molecule has 150 valence electrons. The number of methoxy groups -OCH3 is 1. The number of esters is 1. The van der Waals surface area contributed by atoms with Crippen molar-refractivity contribution in [3.05, 3.63) is 65.6 Å². The normalized spacial score (nSPS) is 15.1. The number of nitrogens with zero attached hydrogens (tertiary/aromatic N) is 1. The predicted molar refractivity (Wildman–Crippen MR) is 127 cm³/mol. The van der Waals surface area contributed by atoms with E-state index in [4.69, 9.17) is 4.74 Å². The third-order valence-corrected chi connectivity index (χ3v) is 6.44. The molecule has 2 amide bonds. The molecular weight excluding hydrogens is 620 g/mol. The van der Waals surface area contributed by atoms with Crippen LogP contribution in [0.4, 0.5) is 4.79 Å². The van der Waals surface area contributed by atoms with Gasteiger partial charge in [0.25, 0.3) is 11.1 Å². The highest BCUT2D eigenvalue weighted by Gasteiger charge is 2.36. The van der Waals surface area contributed by atoms with Crippen LogP contribution in [0.25, 0.3) is 6.08 Å². The number of carbonyl (C=O) groups excluding carboxylic acids is 3. The van der Waals surface area contributed by atoms with Crippen molar-refractivity contribution in [2.75, 3.05) is 13.7 Å². The summed E-state index contributed by atoms with van der Waals surface area (Å²) in [4.78, 5) is 37.0. The summed E-state index contributed by atoms with van der Waals surface area (Å²) in [5.41, 5.74) is 1.84. The number of carbonyl (C=O) groups is 3. The Morgan fingerprint density at radius 3 is 2.41 bits per heavy atom. The first-order valence-electron chi connectivity index (χ1n) is 8.37. The van der Waals surface area contributed by atoms with E-state index in [9.17, 15) is 14.4 Å². The van der Waals surface area contributed by atoms with Gasteiger partial charge in [-0.2, -0.15) is 0 Å². The van der Waals surface area contributed by atoms with Gasteiger partial charge >= 0.3 is 5.97 Å². The van der Waals surface area contributed by atoms with Crippen LogP contribution in [0.15, 0.2) is 47.4 Å². The Labute approximate surface area is 199 Å². The van der Waals surface area contributed by atoms with Crippen molar-refractivity contribution in [3.63, 3.8) is 0 Å². The number of thioether (sulfide) groups is 1. The van der Waals surface area contributed by atoms with Gasteiger partial charge in [-0.15, -0.1) is 0 Å². The lowest BCUT2D eigenvalue weighted by Gasteiger charge is -2.12. The highest BCUT2D eigenvalue weighted by Crippen LogP contribution is 2.35. The van der Waals surface area contributed by atoms with Gasteiger partial charge in [-0.25, -0.2) is 0 Å². The van der Waals surface area contributed by atoms with Crippen LogP contribution >= 0.6 is 56.9 Å². The molecule has 0 saturated carbocycles. The average molecular weight is 635 g/mol. The zero-order chi connectivity index (χ0) is 21.0. The summed E-state index contributed by atoms with van der Waals surface area (Å²) in [5, 5.41) is -0.487. The molecule has 9 heteroatoms. The van der Waals surface area contributed by atoms with Gasteiger partial charge in [0.2, 0.25) is 0 Å². The molecule has 0 N–H and O–H groups in total. The van der Waals surface area contributed by atoms with E-state index in [1.807, 2.05) is 42.5 Å². The average Bonchev–Trinajstić information content (AvgIpc) is 2.95. The van der Waals surface area contributed by atoms with Crippen molar-refractivity contribution in [3.8, 4) is 5.75 Å². The molecule has 0 aliphatic carbocycles. The molecule has 0 spiro atoms. The number of rotatable bonds is 6. The summed E-state index contributed by atoms with van der Waals surface area (Å²) in [6, 6.07) is 13.7. The molecule has 1 saturated heterocycles. The largest absolute Gasteiger partial charge is 0.487 e. The third kappa shape index (κ3) is 5.51. The third-order valence-electron chi connectivity index (χ3n) is 3.93. The number of imide groups is 1. The van der Waals surface area contributed by atoms with Crippen molar-refractivity contribution in [1.82, 2.24) is 4.90 Å². The molecule has 1 aliphatic heterocycles. The summed E-state index contributed by atoms with van der Waals surface area (Å²) < 4.78 is 12.3. The van der Waals surface area contributed by atoms with E-state index in [1.54, 1.807) is 6.08 Å². The fourth-order valence-electron chi connectivity index (χ4n) is 2.51. The van der Waals surface area contributed by atoms with Crippen molar-refractivity contribution in [1.29, 1.82) is 0 Å². The predicted octanol–water partition coefficient (Wildman–Crippen LogP) is 4.68. The fraction of sp³-hybridized carbons (Fsp3) is 0.150. The minimum Gasteiger partial charge on any atom is -0.487 e. The number of hydrogen-bond acceptors (Lipinski definition) is 6. The Bertz CT molecular complexity index is 971. The minimum atomic E-state index is -0.641. The number of ether oxygens (including phenoxy) is 2. The summed E-state index contributed by atoms with van der Waals surface area (Å²) in [5.74, 6) is -0.372. The molecule has 29 heavy (non-hydrogen) atoms. The molecule has 3 rings (SSSR count). The van der Waals surface area contributed by atoms with Crippen LogP contribution in [0, 0.1) is 7.14 Å². The van der Waals surface area contributed by atoms with E-state index in [0.717, 1.165) is 40.7 Å². The van der Waals surface area contributed by atoms with Gasteiger partial charge < -0.3 is 9.47 Å². The molecule has 0 atom stereocenters. The van der Waals surface area contributed by atoms with Crippen LogP contribution in [0.2, 0.25) is 0 Å². The highest BCUT2D eigenvalue weighted by molar-refractivity contribution is 14.1. The molecule has 0 aromatic heterocycles. The van der Waals surface area contributed by atoms with Gasteiger partial charge in [0, 0.05) is 0 Å². The van der Waals surface area contributed by atoms with Gasteiger partial charge in [-0.1, -0.05) is 30.3 Å². The molecule has 0 radical (unpaired) electrons. The summed E-state index contributed by atoms with van der Waals surface area (Å²) in [7, 11) is 1.21. The number of benzene rings is 2. The van der Waals surface area contributed by atoms with Crippen molar-refractivity contribution in [2.45, 2.75) is 6.61 Å². The SMILES string of the molecule is COC(=O)CN1C(=O)S/C(=C\c2cc(I)c(OCc3ccccc3)c(I)c2)C1=O. The smallest absolute Gasteiger partial charge is 0.325 e. The Morgan fingerprint density at radius 2 is 1.79 bits per heavy atom. The molecule has 2 aromatic rings. The maximum Gasteiger partial charge on any atom is 0.325 e. The number of hydrogen-bond donors (Lipinski definition) is 0. The monoisotopic (exact) mass is 635 g/mol. The van der Waals surface area contributed by atoms with Crippen molar-refractivity contribution < 1.29 is 23.9 Å². The van der Waals surface area contributed by atoms with Crippen molar-refractivity contribution >= 4 is 80.1 Å². The second-order valence-electron chi connectivity index (χ2n) is 5.93. The minimum absolute atomic E-state index is 0.267. The number of halogens is 2. The van der Waals surface area contributed by atoms with E-state index < -0.39 is 17.1 Å². The van der Waals surface area contributed by atoms with Crippen molar-refractivity contribution in [2.24, 2.45) is 0 Å². The zero-order valence-corrected chi connectivity index (χ0v) is 20.3. The summed E-state index contributed by atoms with van der Waals surface area (Å²) in [6.07, 6.45) is 1.65. The first-order chi connectivity index (χ1) is 13.9. The Balaban J connectivity index is 1.77. The lowest BCUT2D eigenvalue weighted by atomic mass is 10.2. The molecule has 6 nitrogen and oxygen atoms in total. The summed E-state index contributed by atoms with van der Waals surface area (Å²) >= 11 is 5.18. The molecule has 1 aliphatic rings. The van der Waals surface area contributed by atoms with Gasteiger partial charge in [-0.05, 0) is 86.3 Å². The molecular formula is C20H15I2NO5S. The first-order valence-corrected chi connectivity index (χ1v) is 11.3. The Hall–Kier alpha value is -1.60. The maximum absolute atomic E-state index is 12.4. The van der Waals surface area contributed by atoms with E-state index in [1.165, 1.54) is 7.11 Å². The molecule has 0 unspecified atom stereocenters. The van der Waals surface area contributed by atoms with Crippen LogP contribution in [-0.2, 0) is 20.9 Å². The summed E-state index contributed by atoms with van der Waals surface area (Å²) in [6.45, 7) is 0.0679. The Morgan fingerprint density at radius 1 is 1.14 bits per heavy atom. The van der Waals surface area contributed by atoms with E-state index in [0.29, 0.717) is 6.61 Å². The molecule has 0 bridgehead atoms. The second kappa shape index (κ2) is 9.94. The molecule has 2 aromatic carbocycles. The second-order valence-corrected chi connectivity index (χ2v) is 9.25. The molecule has 1 fully saturated rings. The van der Waals surface area contributed by atoms with Gasteiger partial charge in [0.05, 0.1) is 19.2 Å². The van der Waals surface area contributed by atoms with E-state index >= 15 is 0 Å². The van der Waals surface area contributed by atoms with Gasteiger partial charge in [0.15, 0.2) is 0 Å². The van der Waals surface area contributed by atoms with E-state index in [2.05, 4.69) is 49.9 Å². The fourth-order valence-corrected chi connectivity index (χ4v) is 5.48.